The van der Waals surface area contributed by atoms with Crippen molar-refractivity contribution in [1.82, 2.24) is 19.7 Å². The highest BCUT2D eigenvalue weighted by Crippen LogP contribution is 2.29. The van der Waals surface area contributed by atoms with E-state index >= 15 is 0 Å². The average Bonchev–Trinajstić information content (AvgIpc) is 2.83. The van der Waals surface area contributed by atoms with Crippen molar-refractivity contribution in [3.63, 3.8) is 0 Å². The van der Waals surface area contributed by atoms with Gasteiger partial charge in [0, 0.05) is 11.9 Å². The summed E-state index contributed by atoms with van der Waals surface area (Å²) in [6.07, 6.45) is 1.67. The van der Waals surface area contributed by atoms with E-state index in [2.05, 4.69) is 15.1 Å². The second-order valence-electron chi connectivity index (χ2n) is 4.40. The zero-order valence-electron chi connectivity index (χ0n) is 11.0. The van der Waals surface area contributed by atoms with Gasteiger partial charge in [-0.05, 0) is 18.2 Å². The molecule has 0 aliphatic rings. The quantitative estimate of drug-likeness (QED) is 0.739. The summed E-state index contributed by atoms with van der Waals surface area (Å²) in [5.41, 5.74) is 6.66. The van der Waals surface area contributed by atoms with Crippen LogP contribution in [0, 0.1) is 0 Å². The van der Waals surface area contributed by atoms with E-state index in [0.717, 1.165) is 15.9 Å². The number of nitrogens with two attached hydrogens (primary N) is 1. The first-order chi connectivity index (χ1) is 10.0. The number of thioether (sulfide) groups is 1. The molecule has 0 amide bonds. The molecule has 1 aromatic carbocycles. The molecule has 2 N–H and O–H groups in total. The summed E-state index contributed by atoms with van der Waals surface area (Å²) >= 11 is 13.5. The zero-order valence-corrected chi connectivity index (χ0v) is 13.4. The fourth-order valence-electron chi connectivity index (χ4n) is 1.87. The van der Waals surface area contributed by atoms with E-state index < -0.39 is 0 Å². The summed E-state index contributed by atoms with van der Waals surface area (Å²) in [4.78, 5) is 9.78. The van der Waals surface area contributed by atoms with Gasteiger partial charge in [0.2, 0.25) is 0 Å². The molecule has 5 nitrogen and oxygen atoms in total. The van der Waals surface area contributed by atoms with Crippen LogP contribution >= 0.6 is 35.0 Å². The molecule has 3 rings (SSSR count). The normalized spacial score (nSPS) is 11.2. The number of nitrogens with zero attached hydrogens (tertiary/aromatic N) is 4. The molecule has 0 bridgehead atoms. The third-order valence-corrected chi connectivity index (χ3v) is 4.66. The second kappa shape index (κ2) is 5.71. The Morgan fingerprint density at radius 3 is 2.81 bits per heavy atom. The molecule has 0 spiro atoms. The van der Waals surface area contributed by atoms with E-state index in [0.29, 0.717) is 27.4 Å². The third kappa shape index (κ3) is 2.92. The number of anilines is 1. The highest BCUT2D eigenvalue weighted by atomic mass is 35.5. The minimum absolute atomic E-state index is 0.442. The average molecular weight is 340 g/mol. The van der Waals surface area contributed by atoms with Crippen molar-refractivity contribution in [3.8, 4) is 0 Å². The molecule has 8 heteroatoms. The van der Waals surface area contributed by atoms with E-state index in [1.807, 2.05) is 19.2 Å². The van der Waals surface area contributed by atoms with Crippen LogP contribution in [0.1, 0.15) is 5.82 Å². The molecule has 0 fully saturated rings. The lowest BCUT2D eigenvalue weighted by atomic mass is 10.4. The van der Waals surface area contributed by atoms with Crippen LogP contribution in [0.2, 0.25) is 10.0 Å². The highest BCUT2D eigenvalue weighted by molar-refractivity contribution is 7.98. The van der Waals surface area contributed by atoms with Crippen LogP contribution in [0.3, 0.4) is 0 Å². The van der Waals surface area contributed by atoms with Crippen LogP contribution < -0.4 is 5.73 Å². The Balaban J connectivity index is 1.84. The lowest BCUT2D eigenvalue weighted by Gasteiger charge is -2.04. The van der Waals surface area contributed by atoms with E-state index in [1.54, 1.807) is 28.7 Å². The van der Waals surface area contributed by atoms with Crippen molar-refractivity contribution in [2.45, 2.75) is 10.6 Å². The van der Waals surface area contributed by atoms with Gasteiger partial charge in [-0.2, -0.15) is 5.10 Å². The summed E-state index contributed by atoms with van der Waals surface area (Å²) in [6.45, 7) is 0. The number of fused-ring (bicyclic) bond motifs is 1. The molecular formula is C13H11Cl2N5S. The van der Waals surface area contributed by atoms with Gasteiger partial charge in [-0.15, -0.1) is 11.8 Å². The van der Waals surface area contributed by atoms with Crippen molar-refractivity contribution in [2.24, 2.45) is 7.05 Å². The molecule has 0 aliphatic heterocycles. The number of hydrogen-bond acceptors (Lipinski definition) is 5. The molecule has 0 atom stereocenters. The first kappa shape index (κ1) is 14.4. The van der Waals surface area contributed by atoms with E-state index in [-0.39, 0.29) is 0 Å². The predicted octanol–water partition coefficient (Wildman–Crippen LogP) is 3.54. The maximum atomic E-state index is 6.00. The fraction of sp³-hybridized carbons (Fsp3) is 0.154. The summed E-state index contributed by atoms with van der Waals surface area (Å²) in [5.74, 6) is 1.68. The molecule has 2 heterocycles. The van der Waals surface area contributed by atoms with Gasteiger partial charge in [0.1, 0.15) is 11.6 Å². The van der Waals surface area contributed by atoms with Crippen LogP contribution in [0.4, 0.5) is 5.82 Å². The molecule has 21 heavy (non-hydrogen) atoms. The molecule has 0 saturated carbocycles. The number of benzene rings is 1. The highest BCUT2D eigenvalue weighted by Gasteiger charge is 2.10. The molecule has 2 aromatic heterocycles. The van der Waals surface area contributed by atoms with E-state index in [9.17, 15) is 0 Å². The van der Waals surface area contributed by atoms with Crippen LogP contribution in [-0.4, -0.2) is 19.7 Å². The number of hydrogen-bond donors (Lipinski definition) is 1. The summed E-state index contributed by atoms with van der Waals surface area (Å²) in [6, 6.07) is 5.50. The molecule has 0 saturated heterocycles. The SMILES string of the molecule is Cn1ncc2c(N)nc(CSc3ccc(Cl)c(Cl)c3)nc21. The number of halogens is 2. The lowest BCUT2D eigenvalue weighted by Crippen LogP contribution is -2.01. The van der Waals surface area contributed by atoms with Gasteiger partial charge in [-0.1, -0.05) is 23.2 Å². The number of aromatic nitrogens is 4. The molecule has 108 valence electrons. The largest absolute Gasteiger partial charge is 0.383 e. The predicted molar refractivity (Wildman–Crippen MR) is 86.7 cm³/mol. The van der Waals surface area contributed by atoms with Gasteiger partial charge in [-0.25, -0.2) is 9.97 Å². The van der Waals surface area contributed by atoms with Gasteiger partial charge in [0.05, 0.1) is 27.4 Å². The van der Waals surface area contributed by atoms with Crippen molar-refractivity contribution >= 4 is 51.8 Å². The zero-order chi connectivity index (χ0) is 15.0. The number of rotatable bonds is 3. The number of aryl methyl sites for hydroxylation is 1. The standard InChI is InChI=1S/C13H11Cl2N5S/c1-20-13-8(5-17-20)12(16)18-11(19-13)6-21-7-2-3-9(14)10(15)4-7/h2-5H,6H2,1H3,(H2,16,18,19). The summed E-state index contributed by atoms with van der Waals surface area (Å²) in [5, 5.41) is 5.97. The van der Waals surface area contributed by atoms with Crippen LogP contribution in [0.15, 0.2) is 29.3 Å². The molecular weight excluding hydrogens is 329 g/mol. The Morgan fingerprint density at radius 1 is 1.24 bits per heavy atom. The molecule has 3 aromatic rings. The summed E-state index contributed by atoms with van der Waals surface area (Å²) < 4.78 is 1.68. The molecule has 0 radical (unpaired) electrons. The topological polar surface area (TPSA) is 69.6 Å². The molecule has 0 unspecified atom stereocenters. The van der Waals surface area contributed by atoms with Crippen molar-refractivity contribution in [3.05, 3.63) is 40.3 Å². The summed E-state index contributed by atoms with van der Waals surface area (Å²) in [7, 11) is 1.82. The lowest BCUT2D eigenvalue weighted by molar-refractivity contribution is 0.782. The minimum Gasteiger partial charge on any atom is -0.383 e. The second-order valence-corrected chi connectivity index (χ2v) is 6.26. The molecule has 0 aliphatic carbocycles. The Bertz CT molecular complexity index is 818. The first-order valence-electron chi connectivity index (χ1n) is 6.06. The Morgan fingerprint density at radius 2 is 2.05 bits per heavy atom. The maximum absolute atomic E-state index is 6.00. The third-order valence-electron chi connectivity index (χ3n) is 2.93. The Kier molecular flexibility index (Phi) is 3.93. The van der Waals surface area contributed by atoms with Gasteiger partial charge in [-0.3, -0.25) is 4.68 Å². The van der Waals surface area contributed by atoms with Gasteiger partial charge in [0.25, 0.3) is 0 Å². The van der Waals surface area contributed by atoms with Crippen LogP contribution in [0.25, 0.3) is 11.0 Å². The van der Waals surface area contributed by atoms with Crippen molar-refractivity contribution < 1.29 is 0 Å². The Hall–Kier alpha value is -1.50. The van der Waals surface area contributed by atoms with Crippen molar-refractivity contribution in [1.29, 1.82) is 0 Å². The van der Waals surface area contributed by atoms with E-state index in [4.69, 9.17) is 28.9 Å². The minimum atomic E-state index is 0.442. The van der Waals surface area contributed by atoms with Crippen molar-refractivity contribution in [2.75, 3.05) is 5.73 Å². The smallest absolute Gasteiger partial charge is 0.163 e. The van der Waals surface area contributed by atoms with Crippen LogP contribution in [0.5, 0.6) is 0 Å². The maximum Gasteiger partial charge on any atom is 0.163 e. The van der Waals surface area contributed by atoms with Gasteiger partial charge in [0.15, 0.2) is 5.65 Å². The van der Waals surface area contributed by atoms with Gasteiger partial charge >= 0.3 is 0 Å². The van der Waals surface area contributed by atoms with Gasteiger partial charge < -0.3 is 5.73 Å². The van der Waals surface area contributed by atoms with Crippen LogP contribution in [-0.2, 0) is 12.8 Å². The Labute approximate surface area is 135 Å². The monoisotopic (exact) mass is 339 g/mol. The van der Waals surface area contributed by atoms with E-state index in [1.165, 1.54) is 0 Å². The number of nitrogen functional groups attached to an aromatic ring is 1. The first-order valence-corrected chi connectivity index (χ1v) is 7.80. The fourth-order valence-corrected chi connectivity index (χ4v) is 3.02.